The second-order valence-electron chi connectivity index (χ2n) is 14.2. The molecule has 1 amide bonds. The normalized spacial score (nSPS) is 22.2. The number of amides is 1. The highest BCUT2D eigenvalue weighted by Crippen LogP contribution is 2.55. The molecular formula is C38H42N10O4S. The van der Waals surface area contributed by atoms with Crippen LogP contribution in [0.2, 0.25) is 0 Å². The minimum atomic E-state index is -0.490. The largest absolute Gasteiger partial charge is 0.473 e. The maximum atomic E-state index is 13.3. The number of aromatic nitrogens is 6. The summed E-state index contributed by atoms with van der Waals surface area (Å²) in [6.45, 7) is 4.78. The molecule has 8 rings (SSSR count). The number of nitriles is 1. The summed E-state index contributed by atoms with van der Waals surface area (Å²) in [5.41, 5.74) is 9.85. The molecule has 0 radical (unpaired) electrons. The van der Waals surface area contributed by atoms with E-state index in [2.05, 4.69) is 38.6 Å². The average molecular weight is 735 g/mol. The van der Waals surface area contributed by atoms with Crippen LogP contribution < -0.4 is 15.8 Å². The Morgan fingerprint density at radius 2 is 2.04 bits per heavy atom. The van der Waals surface area contributed by atoms with E-state index in [1.807, 2.05) is 32.0 Å². The van der Waals surface area contributed by atoms with Crippen LogP contribution in [0.25, 0.3) is 17.3 Å². The number of ether oxygens (including phenoxy) is 2. The first-order chi connectivity index (χ1) is 25.7. The summed E-state index contributed by atoms with van der Waals surface area (Å²) in [6.07, 6.45) is 9.14. The van der Waals surface area contributed by atoms with Gasteiger partial charge in [0.15, 0.2) is 28.8 Å². The zero-order valence-corrected chi connectivity index (χ0v) is 31.0. The van der Waals surface area contributed by atoms with Gasteiger partial charge in [-0.05, 0) is 89.6 Å². The van der Waals surface area contributed by atoms with Crippen molar-refractivity contribution in [3.05, 3.63) is 81.4 Å². The van der Waals surface area contributed by atoms with Gasteiger partial charge in [-0.3, -0.25) is 14.7 Å². The summed E-state index contributed by atoms with van der Waals surface area (Å²) in [6, 6.07) is 11.0. The minimum absolute atomic E-state index is 0.00973. The summed E-state index contributed by atoms with van der Waals surface area (Å²) in [5, 5.41) is 22.9. The predicted molar refractivity (Wildman–Crippen MR) is 197 cm³/mol. The molecule has 3 aliphatic rings. The molecule has 274 valence electrons. The molecule has 0 bridgehead atoms. The summed E-state index contributed by atoms with van der Waals surface area (Å²) in [5.74, 6) is 1.47. The lowest BCUT2D eigenvalue weighted by molar-refractivity contribution is 0.0174. The van der Waals surface area contributed by atoms with Gasteiger partial charge in [0, 0.05) is 42.6 Å². The Morgan fingerprint density at radius 3 is 2.81 bits per heavy atom. The number of nitrogens with two attached hydrogens (primary N) is 1. The molecule has 5 aromatic rings. The minimum Gasteiger partial charge on any atom is -0.473 e. The Balaban J connectivity index is 1.17. The number of nitrogens with zero attached hydrogens (tertiary/aromatic N) is 8. The molecule has 5 aromatic heterocycles. The molecular weight excluding hydrogens is 693 g/mol. The Hall–Kier alpha value is -5.17. The molecule has 2 aliphatic carbocycles. The van der Waals surface area contributed by atoms with Gasteiger partial charge in [-0.1, -0.05) is 11.2 Å². The number of nitrogen functional groups attached to an aromatic ring is 1. The van der Waals surface area contributed by atoms with Crippen LogP contribution in [0.5, 0.6) is 5.88 Å². The number of pyridine rings is 1. The number of anilines is 1. The third-order valence-electron chi connectivity index (χ3n) is 11.0. The van der Waals surface area contributed by atoms with Gasteiger partial charge in [-0.15, -0.1) is 11.3 Å². The number of thiophene rings is 1. The lowest BCUT2D eigenvalue weighted by Gasteiger charge is -2.39. The highest BCUT2D eigenvalue weighted by atomic mass is 32.1. The molecule has 53 heavy (non-hydrogen) atoms. The zero-order valence-electron chi connectivity index (χ0n) is 30.2. The van der Waals surface area contributed by atoms with Gasteiger partial charge in [0.25, 0.3) is 5.91 Å². The van der Waals surface area contributed by atoms with Crippen LogP contribution in [0.15, 0.2) is 47.2 Å². The lowest BCUT2D eigenvalue weighted by atomic mass is 9.63. The van der Waals surface area contributed by atoms with Gasteiger partial charge >= 0.3 is 0 Å². The molecule has 0 aromatic carbocycles. The van der Waals surface area contributed by atoms with E-state index in [4.69, 9.17) is 29.7 Å². The van der Waals surface area contributed by atoms with Gasteiger partial charge in [0.05, 0.1) is 34.9 Å². The number of likely N-dealkylation sites (tertiary alicyclic amines) is 1. The van der Waals surface area contributed by atoms with E-state index in [0.29, 0.717) is 33.8 Å². The number of fused-ring (bicyclic) bond motifs is 4. The smallest absolute Gasteiger partial charge is 0.272 e. The number of hydrogen-bond acceptors (Lipinski definition) is 13. The second-order valence-corrected chi connectivity index (χ2v) is 15.4. The molecule has 1 fully saturated rings. The first kappa shape index (κ1) is 34.9. The number of aryl methyl sites for hydroxylation is 1. The average Bonchev–Trinajstić information content (AvgIpc) is 3.97. The predicted octanol–water partition coefficient (Wildman–Crippen LogP) is 5.16. The zero-order chi connectivity index (χ0) is 36.9. The molecule has 15 heteroatoms. The van der Waals surface area contributed by atoms with Crippen molar-refractivity contribution >= 4 is 22.2 Å². The second kappa shape index (κ2) is 14.0. The van der Waals surface area contributed by atoms with Crippen LogP contribution in [0.1, 0.15) is 95.5 Å². The van der Waals surface area contributed by atoms with Crippen molar-refractivity contribution < 1.29 is 18.8 Å². The molecule has 14 nitrogen and oxygen atoms in total. The fraction of sp³-hybridized carbons (Fsp3) is 0.447. The maximum Gasteiger partial charge on any atom is 0.272 e. The van der Waals surface area contributed by atoms with Crippen LogP contribution in [0.3, 0.4) is 0 Å². The fourth-order valence-corrected chi connectivity index (χ4v) is 9.74. The third kappa shape index (κ3) is 6.14. The molecule has 0 unspecified atom stereocenters. The summed E-state index contributed by atoms with van der Waals surface area (Å²) in [4.78, 5) is 30.9. The Morgan fingerprint density at radius 1 is 1.21 bits per heavy atom. The summed E-state index contributed by atoms with van der Waals surface area (Å²) >= 11 is 1.51. The van der Waals surface area contributed by atoms with Crippen LogP contribution in [-0.2, 0) is 23.0 Å². The Labute approximate surface area is 311 Å². The molecule has 0 saturated carbocycles. The van der Waals surface area contributed by atoms with E-state index in [0.717, 1.165) is 78.9 Å². The number of rotatable bonds is 9. The van der Waals surface area contributed by atoms with Gasteiger partial charge in [-0.25, -0.2) is 9.67 Å². The Kier molecular flexibility index (Phi) is 9.21. The highest BCUT2D eigenvalue weighted by Gasteiger charge is 2.49. The molecule has 1 aliphatic heterocycles. The monoisotopic (exact) mass is 734 g/mol. The molecule has 1 saturated heterocycles. The van der Waals surface area contributed by atoms with E-state index in [1.165, 1.54) is 16.0 Å². The Bertz CT molecular complexity index is 2190. The van der Waals surface area contributed by atoms with Crippen LogP contribution in [0, 0.1) is 11.3 Å². The van der Waals surface area contributed by atoms with Crippen molar-refractivity contribution in [1.82, 2.24) is 40.1 Å². The standard InChI is InChI=1S/C38H42N10O4S/c1-21(25-10-5-6-16-41-25)42-37(49)26-12-18-48(45-26)29-19-30(51-22(2)33-27(50-4)13-17-47(33)3)44-36(43-29)32-23-9-7-14-38(34(23)52-46-32)15-8-11-28-31(38)24(20-39)35(40)53-28/h5-6,10,12,16,18-19,21-22,27,33H,7-9,11,13-15,17,40H2,1-4H3,(H,42,49)/t21-,22-,27-,33+,38-/m0/s1. The number of methoxy groups -OCH3 is 1. The lowest BCUT2D eigenvalue weighted by Crippen LogP contribution is -2.44. The van der Waals surface area contributed by atoms with Gasteiger partial charge in [-0.2, -0.15) is 15.3 Å². The molecule has 1 spiro atoms. The maximum absolute atomic E-state index is 13.3. The highest BCUT2D eigenvalue weighted by molar-refractivity contribution is 7.16. The molecule has 6 heterocycles. The van der Waals surface area contributed by atoms with Crippen molar-refractivity contribution in [3.63, 3.8) is 0 Å². The van der Waals surface area contributed by atoms with Crippen molar-refractivity contribution in [2.75, 3.05) is 26.4 Å². The van der Waals surface area contributed by atoms with Crippen molar-refractivity contribution in [1.29, 1.82) is 5.26 Å². The van der Waals surface area contributed by atoms with Crippen molar-refractivity contribution in [3.8, 4) is 29.3 Å². The van der Waals surface area contributed by atoms with Crippen LogP contribution in [0.4, 0.5) is 5.00 Å². The van der Waals surface area contributed by atoms with Crippen LogP contribution >= 0.6 is 11.3 Å². The molecule has 3 N–H and O–H groups in total. The number of nitrogens with one attached hydrogen (secondary N) is 1. The number of carbonyl (C=O) groups excluding carboxylic acids is 1. The number of likely N-dealkylation sites (N-methyl/N-ethyl adjacent to an activating group) is 1. The van der Waals surface area contributed by atoms with E-state index in [9.17, 15) is 10.1 Å². The number of carbonyl (C=O) groups is 1. The van der Waals surface area contributed by atoms with Gasteiger partial charge in [0.2, 0.25) is 5.88 Å². The SMILES string of the molecule is CO[C@H]1CCN(C)[C@@H]1[C@H](C)Oc1cc(-n2ccc(C(=O)N[C@@H](C)c3ccccn3)n2)nc(-c2noc3c2CCC[C@@]32CCCc3sc(N)c(C#N)c32)n1. The van der Waals surface area contributed by atoms with E-state index in [-0.39, 0.29) is 35.9 Å². The third-order valence-corrected chi connectivity index (χ3v) is 12.1. The van der Waals surface area contributed by atoms with E-state index >= 15 is 0 Å². The molecule has 5 atom stereocenters. The topological polar surface area (TPSA) is 183 Å². The van der Waals surface area contributed by atoms with E-state index in [1.54, 1.807) is 31.6 Å². The summed E-state index contributed by atoms with van der Waals surface area (Å²) in [7, 11) is 3.80. The van der Waals surface area contributed by atoms with E-state index < -0.39 is 5.41 Å². The first-order valence-electron chi connectivity index (χ1n) is 18.1. The fourth-order valence-electron chi connectivity index (χ4n) is 8.58. The van der Waals surface area contributed by atoms with Crippen molar-refractivity contribution in [2.45, 2.75) is 88.5 Å². The van der Waals surface area contributed by atoms with Gasteiger partial charge in [0.1, 0.15) is 17.2 Å². The number of hydrogen-bond donors (Lipinski definition) is 2. The van der Waals surface area contributed by atoms with Gasteiger partial charge < -0.3 is 25.0 Å². The quantitative estimate of drug-likeness (QED) is 0.203. The first-order valence-corrected chi connectivity index (χ1v) is 18.9. The van der Waals surface area contributed by atoms with Crippen molar-refractivity contribution in [2.24, 2.45) is 0 Å². The van der Waals surface area contributed by atoms with Crippen LogP contribution in [-0.4, -0.2) is 79.6 Å². The summed E-state index contributed by atoms with van der Waals surface area (Å²) < 4.78 is 20.2.